The summed E-state index contributed by atoms with van der Waals surface area (Å²) in [5.41, 5.74) is 7.44. The Labute approximate surface area is 196 Å². The van der Waals surface area contributed by atoms with Crippen molar-refractivity contribution in [2.45, 2.75) is 96.3 Å². The minimum absolute atomic E-state index is 0.694. The van der Waals surface area contributed by atoms with Gasteiger partial charge in [-0.25, -0.2) is 0 Å². The molecule has 0 aromatic heterocycles. The normalized spacial score (nSPS) is 23.9. The lowest BCUT2D eigenvalue weighted by Gasteiger charge is -2.28. The highest BCUT2D eigenvalue weighted by atomic mass is 14.3. The van der Waals surface area contributed by atoms with E-state index in [1.54, 1.807) is 11.1 Å². The number of rotatable bonds is 8. The molecule has 0 radical (unpaired) electrons. The molecule has 0 bridgehead atoms. The summed E-state index contributed by atoms with van der Waals surface area (Å²) in [5.74, 6) is 2.46. The third-order valence-corrected chi connectivity index (χ3v) is 8.01. The molecule has 0 heterocycles. The Kier molecular flexibility index (Phi) is 8.43. The van der Waals surface area contributed by atoms with Crippen LogP contribution in [0, 0.1) is 5.92 Å². The van der Waals surface area contributed by atoms with E-state index in [0.29, 0.717) is 5.92 Å². The zero-order chi connectivity index (χ0) is 22.2. The molecule has 0 heteroatoms. The second-order valence-corrected chi connectivity index (χ2v) is 10.2. The number of hydrogen-bond acceptors (Lipinski definition) is 0. The molecule has 1 unspecified atom stereocenters. The Morgan fingerprint density at radius 1 is 0.781 bits per heavy atom. The first kappa shape index (κ1) is 23.1. The Morgan fingerprint density at radius 2 is 1.41 bits per heavy atom. The van der Waals surface area contributed by atoms with E-state index in [4.69, 9.17) is 0 Å². The first-order chi connectivity index (χ1) is 15.8. The van der Waals surface area contributed by atoms with Gasteiger partial charge in [-0.15, -0.1) is 0 Å². The molecule has 0 amide bonds. The van der Waals surface area contributed by atoms with Crippen LogP contribution < -0.4 is 0 Å². The van der Waals surface area contributed by atoms with Gasteiger partial charge < -0.3 is 0 Å². The molecule has 0 nitrogen and oxygen atoms in total. The molecule has 32 heavy (non-hydrogen) atoms. The van der Waals surface area contributed by atoms with Crippen molar-refractivity contribution >= 4 is 0 Å². The molecule has 1 fully saturated rings. The van der Waals surface area contributed by atoms with Gasteiger partial charge in [0, 0.05) is 0 Å². The van der Waals surface area contributed by atoms with Gasteiger partial charge in [0.15, 0.2) is 0 Å². The van der Waals surface area contributed by atoms with E-state index < -0.39 is 0 Å². The molecule has 1 atom stereocenters. The average molecular weight is 427 g/mol. The second-order valence-electron chi connectivity index (χ2n) is 10.2. The summed E-state index contributed by atoms with van der Waals surface area (Å²) in [6.45, 7) is 4.44. The maximum absolute atomic E-state index is 2.51. The van der Waals surface area contributed by atoms with Gasteiger partial charge in [-0.3, -0.25) is 0 Å². The SMILES string of the molecule is C/C=C/CCC1=CCC(c2ccc(-c3ccc(C4CCC(CCC)CC4)cc3)cc2)CC1. The lowest BCUT2D eigenvalue weighted by molar-refractivity contribution is 0.308. The zero-order valence-electron chi connectivity index (χ0n) is 20.4. The van der Waals surface area contributed by atoms with Crippen molar-refractivity contribution < 1.29 is 0 Å². The van der Waals surface area contributed by atoms with Crippen LogP contribution in [-0.4, -0.2) is 0 Å². The summed E-state index contributed by atoms with van der Waals surface area (Å²) in [4.78, 5) is 0. The van der Waals surface area contributed by atoms with Gasteiger partial charge in [-0.2, -0.15) is 0 Å². The molecule has 0 aliphatic heterocycles. The van der Waals surface area contributed by atoms with Crippen molar-refractivity contribution in [1.29, 1.82) is 0 Å². The monoisotopic (exact) mass is 426 g/mol. The molecule has 2 aliphatic carbocycles. The number of hydrogen-bond donors (Lipinski definition) is 0. The van der Waals surface area contributed by atoms with Crippen molar-refractivity contribution in [3.05, 3.63) is 83.5 Å². The molecule has 0 saturated heterocycles. The van der Waals surface area contributed by atoms with Gasteiger partial charge >= 0.3 is 0 Å². The van der Waals surface area contributed by atoms with Gasteiger partial charge in [-0.1, -0.05) is 92.1 Å². The Bertz CT molecular complexity index is 873. The molecule has 1 saturated carbocycles. The summed E-state index contributed by atoms with van der Waals surface area (Å²) in [6.07, 6.45) is 21.6. The zero-order valence-corrected chi connectivity index (χ0v) is 20.4. The molecular formula is C32H42. The molecule has 2 aromatic carbocycles. The van der Waals surface area contributed by atoms with E-state index >= 15 is 0 Å². The highest BCUT2D eigenvalue weighted by molar-refractivity contribution is 5.64. The fourth-order valence-corrected chi connectivity index (χ4v) is 5.94. The molecular weight excluding hydrogens is 384 g/mol. The van der Waals surface area contributed by atoms with Crippen LogP contribution in [0.4, 0.5) is 0 Å². The largest absolute Gasteiger partial charge is 0.0917 e. The van der Waals surface area contributed by atoms with Crippen LogP contribution in [0.5, 0.6) is 0 Å². The fraction of sp³-hybridized carbons (Fsp3) is 0.500. The van der Waals surface area contributed by atoms with Crippen molar-refractivity contribution in [3.8, 4) is 11.1 Å². The first-order valence-corrected chi connectivity index (χ1v) is 13.3. The van der Waals surface area contributed by atoms with Crippen LogP contribution in [-0.2, 0) is 0 Å². The van der Waals surface area contributed by atoms with Gasteiger partial charge in [0.05, 0.1) is 0 Å². The van der Waals surface area contributed by atoms with Crippen LogP contribution >= 0.6 is 0 Å². The molecule has 4 rings (SSSR count). The average Bonchev–Trinajstić information content (AvgIpc) is 2.86. The molecule has 0 spiro atoms. The highest BCUT2D eigenvalue weighted by Crippen LogP contribution is 2.38. The van der Waals surface area contributed by atoms with Crippen LogP contribution in [0.1, 0.15) is 107 Å². The molecule has 2 aromatic rings. The quantitative estimate of drug-likeness (QED) is 0.368. The van der Waals surface area contributed by atoms with E-state index in [9.17, 15) is 0 Å². The van der Waals surface area contributed by atoms with Gasteiger partial charge in [0.1, 0.15) is 0 Å². The smallest absolute Gasteiger partial charge is 0.0124 e. The van der Waals surface area contributed by atoms with E-state index in [1.165, 1.54) is 87.3 Å². The minimum Gasteiger partial charge on any atom is -0.0917 e. The molecule has 2 aliphatic rings. The van der Waals surface area contributed by atoms with Crippen LogP contribution in [0.2, 0.25) is 0 Å². The maximum Gasteiger partial charge on any atom is -0.0124 e. The Morgan fingerprint density at radius 3 is 1.94 bits per heavy atom. The summed E-state index contributed by atoms with van der Waals surface area (Å²) in [6, 6.07) is 18.9. The van der Waals surface area contributed by atoms with E-state index in [1.807, 2.05) is 0 Å². The molecule has 170 valence electrons. The third kappa shape index (κ3) is 6.03. The summed E-state index contributed by atoms with van der Waals surface area (Å²) in [5, 5.41) is 0. The Balaban J connectivity index is 1.32. The number of benzene rings is 2. The highest BCUT2D eigenvalue weighted by Gasteiger charge is 2.22. The minimum atomic E-state index is 0.694. The van der Waals surface area contributed by atoms with E-state index in [2.05, 4.69) is 80.6 Å². The standard InChI is InChI=1S/C32H42/c1-3-5-6-8-26-11-15-28(16-12-26)30-19-23-32(24-20-30)31-21-17-29(18-22-31)27-13-9-25(7-4-2)10-14-27/h3,5,11,17-25,27-28H,4,6-10,12-16H2,1-2H3/b5-3+. The van der Waals surface area contributed by atoms with Crippen molar-refractivity contribution in [2.75, 3.05) is 0 Å². The summed E-state index contributed by atoms with van der Waals surface area (Å²) >= 11 is 0. The molecule has 0 N–H and O–H groups in total. The van der Waals surface area contributed by atoms with Gasteiger partial charge in [-0.05, 0) is 105 Å². The van der Waals surface area contributed by atoms with E-state index in [0.717, 1.165) is 11.8 Å². The number of allylic oxidation sites excluding steroid dienone is 4. The van der Waals surface area contributed by atoms with Crippen molar-refractivity contribution in [1.82, 2.24) is 0 Å². The topological polar surface area (TPSA) is 0 Å². The first-order valence-electron chi connectivity index (χ1n) is 13.3. The predicted molar refractivity (Wildman–Crippen MR) is 140 cm³/mol. The second kappa shape index (κ2) is 11.7. The fourth-order valence-electron chi connectivity index (χ4n) is 5.94. The van der Waals surface area contributed by atoms with E-state index in [-0.39, 0.29) is 0 Å². The van der Waals surface area contributed by atoms with Crippen molar-refractivity contribution in [2.24, 2.45) is 5.92 Å². The maximum atomic E-state index is 2.51. The van der Waals surface area contributed by atoms with Gasteiger partial charge in [0.2, 0.25) is 0 Å². The van der Waals surface area contributed by atoms with Crippen molar-refractivity contribution in [3.63, 3.8) is 0 Å². The summed E-state index contributed by atoms with van der Waals surface area (Å²) < 4.78 is 0. The van der Waals surface area contributed by atoms with Crippen LogP contribution in [0.25, 0.3) is 11.1 Å². The third-order valence-electron chi connectivity index (χ3n) is 8.01. The van der Waals surface area contributed by atoms with Crippen LogP contribution in [0.3, 0.4) is 0 Å². The van der Waals surface area contributed by atoms with Crippen LogP contribution in [0.15, 0.2) is 72.3 Å². The lowest BCUT2D eigenvalue weighted by atomic mass is 9.77. The lowest BCUT2D eigenvalue weighted by Crippen LogP contribution is -2.13. The summed E-state index contributed by atoms with van der Waals surface area (Å²) in [7, 11) is 0. The predicted octanol–water partition coefficient (Wildman–Crippen LogP) is 9.98. The van der Waals surface area contributed by atoms with Gasteiger partial charge in [0.25, 0.3) is 0 Å². The Hall–Kier alpha value is -2.08.